The zero-order valence-electron chi connectivity index (χ0n) is 12.1. The van der Waals surface area contributed by atoms with E-state index in [1.54, 1.807) is 18.2 Å². The number of halogens is 4. The molecule has 0 aliphatic rings. The number of carbonyl (C=O) groups excluding carboxylic acids is 1. The van der Waals surface area contributed by atoms with E-state index in [1.165, 1.54) is 12.1 Å². The van der Waals surface area contributed by atoms with E-state index in [0.717, 1.165) is 6.42 Å². The molecule has 23 heavy (non-hydrogen) atoms. The van der Waals surface area contributed by atoms with Gasteiger partial charge in [-0.3, -0.25) is 4.79 Å². The quantitative estimate of drug-likeness (QED) is 0.644. The number of amides is 1. The number of rotatable bonds is 5. The summed E-state index contributed by atoms with van der Waals surface area (Å²) in [4.78, 5) is 12.3. The van der Waals surface area contributed by atoms with E-state index in [2.05, 4.69) is 5.32 Å². The number of carbonyl (C=O) groups is 1. The summed E-state index contributed by atoms with van der Waals surface area (Å²) < 4.78 is 5.47. The van der Waals surface area contributed by atoms with E-state index in [1.807, 2.05) is 6.92 Å². The zero-order valence-corrected chi connectivity index (χ0v) is 15.2. The fraction of sp³-hybridized carbons (Fsp3) is 0.188. The van der Waals surface area contributed by atoms with Gasteiger partial charge in [0.2, 0.25) is 0 Å². The number of ether oxygens (including phenoxy) is 1. The highest BCUT2D eigenvalue weighted by molar-refractivity contribution is 6.44. The van der Waals surface area contributed by atoms with E-state index in [4.69, 9.17) is 51.1 Å². The van der Waals surface area contributed by atoms with Gasteiger partial charge in [-0.2, -0.15) is 0 Å². The molecule has 2 aromatic carbocycles. The third kappa shape index (κ3) is 4.45. The van der Waals surface area contributed by atoms with E-state index in [9.17, 15) is 4.79 Å². The summed E-state index contributed by atoms with van der Waals surface area (Å²) in [5, 5.41) is 3.83. The summed E-state index contributed by atoms with van der Waals surface area (Å²) in [6.45, 7) is 2.46. The van der Waals surface area contributed by atoms with E-state index < -0.39 is 5.91 Å². The number of nitrogens with one attached hydrogen (secondary N) is 1. The fourth-order valence-electron chi connectivity index (χ4n) is 1.83. The highest BCUT2D eigenvalue weighted by Gasteiger charge is 2.15. The molecule has 7 heteroatoms. The van der Waals surface area contributed by atoms with Crippen LogP contribution >= 0.6 is 46.4 Å². The van der Waals surface area contributed by atoms with Crippen molar-refractivity contribution in [2.45, 2.75) is 13.3 Å². The van der Waals surface area contributed by atoms with Crippen molar-refractivity contribution in [3.63, 3.8) is 0 Å². The van der Waals surface area contributed by atoms with Crippen molar-refractivity contribution in [1.29, 1.82) is 0 Å². The standard InChI is InChI=1S/C16H13Cl4NO2/c1-2-6-23-15-11(18)7-9(8-12(15)19)16(22)21-13-5-3-4-10(17)14(13)20/h3-5,7-8H,2,6H2,1H3,(H,21,22). The van der Waals surface area contributed by atoms with Crippen molar-refractivity contribution in [3.8, 4) is 5.75 Å². The van der Waals surface area contributed by atoms with Gasteiger partial charge in [-0.25, -0.2) is 0 Å². The van der Waals surface area contributed by atoms with Crippen molar-refractivity contribution >= 4 is 58.0 Å². The molecule has 2 rings (SSSR count). The molecule has 0 unspecified atom stereocenters. The molecule has 3 nitrogen and oxygen atoms in total. The Labute approximate surface area is 154 Å². The molecule has 0 aromatic heterocycles. The number of anilines is 1. The first-order valence-electron chi connectivity index (χ1n) is 6.81. The van der Waals surface area contributed by atoms with E-state index >= 15 is 0 Å². The summed E-state index contributed by atoms with van der Waals surface area (Å²) in [6, 6.07) is 7.95. The molecule has 0 atom stereocenters. The van der Waals surface area contributed by atoms with Gasteiger partial charge < -0.3 is 10.1 Å². The fourth-order valence-corrected chi connectivity index (χ4v) is 2.77. The number of benzene rings is 2. The molecule has 0 heterocycles. The van der Waals surface area contributed by atoms with Crippen molar-refractivity contribution in [2.75, 3.05) is 11.9 Å². The second-order valence-electron chi connectivity index (χ2n) is 4.67. The average Bonchev–Trinajstić information content (AvgIpc) is 2.51. The Hall–Kier alpha value is -1.13. The predicted molar refractivity (Wildman–Crippen MR) is 96.7 cm³/mol. The van der Waals surface area contributed by atoms with Gasteiger partial charge in [0.25, 0.3) is 5.91 Å². The Kier molecular flexibility index (Phi) is 6.42. The molecule has 0 aliphatic heterocycles. The van der Waals surface area contributed by atoms with Crippen LogP contribution in [0.25, 0.3) is 0 Å². The molecular weight excluding hydrogens is 380 g/mol. The Balaban J connectivity index is 2.24. The molecule has 1 N–H and O–H groups in total. The van der Waals surface area contributed by atoms with Crippen molar-refractivity contribution in [2.24, 2.45) is 0 Å². The Morgan fingerprint density at radius 2 is 1.74 bits per heavy atom. The van der Waals surface area contributed by atoms with Crippen LogP contribution in [0.2, 0.25) is 20.1 Å². The first kappa shape index (κ1) is 18.2. The van der Waals surface area contributed by atoms with Crippen LogP contribution < -0.4 is 10.1 Å². The minimum absolute atomic E-state index is 0.266. The molecule has 0 saturated carbocycles. The SMILES string of the molecule is CCCOc1c(Cl)cc(C(=O)Nc2cccc(Cl)c2Cl)cc1Cl. The number of hydrogen-bond donors (Lipinski definition) is 1. The lowest BCUT2D eigenvalue weighted by Gasteiger charge is -2.12. The monoisotopic (exact) mass is 391 g/mol. The molecule has 0 aliphatic carbocycles. The average molecular weight is 393 g/mol. The van der Waals surface area contributed by atoms with E-state index in [0.29, 0.717) is 28.6 Å². The summed E-state index contributed by atoms with van der Waals surface area (Å²) in [5.74, 6) is -0.0347. The Morgan fingerprint density at radius 1 is 1.09 bits per heavy atom. The second kappa shape index (κ2) is 8.11. The van der Waals surface area contributed by atoms with Crippen LogP contribution in [-0.4, -0.2) is 12.5 Å². The molecule has 0 bridgehead atoms. The van der Waals surface area contributed by atoms with Gasteiger partial charge in [0.1, 0.15) is 0 Å². The lowest BCUT2D eigenvalue weighted by atomic mass is 10.2. The first-order valence-corrected chi connectivity index (χ1v) is 8.32. The number of hydrogen-bond acceptors (Lipinski definition) is 2. The van der Waals surface area contributed by atoms with Gasteiger partial charge in [-0.15, -0.1) is 0 Å². The van der Waals surface area contributed by atoms with Crippen molar-refractivity contribution in [1.82, 2.24) is 0 Å². The molecule has 0 radical (unpaired) electrons. The highest BCUT2D eigenvalue weighted by atomic mass is 35.5. The topological polar surface area (TPSA) is 38.3 Å². The summed E-state index contributed by atoms with van der Waals surface area (Å²) in [5.41, 5.74) is 0.697. The molecule has 0 saturated heterocycles. The zero-order chi connectivity index (χ0) is 17.0. The Morgan fingerprint density at radius 3 is 2.35 bits per heavy atom. The smallest absolute Gasteiger partial charge is 0.255 e. The van der Waals surface area contributed by atoms with Crippen molar-refractivity contribution in [3.05, 3.63) is 56.0 Å². The molecule has 1 amide bonds. The van der Waals surface area contributed by atoms with Gasteiger partial charge in [0, 0.05) is 5.56 Å². The van der Waals surface area contributed by atoms with Gasteiger partial charge in [0.05, 0.1) is 32.4 Å². The van der Waals surface area contributed by atoms with Crippen LogP contribution in [0.15, 0.2) is 30.3 Å². The Bertz CT molecular complexity index is 711. The van der Waals surface area contributed by atoms with Crippen LogP contribution in [0.4, 0.5) is 5.69 Å². The molecule has 0 fully saturated rings. The van der Waals surface area contributed by atoms with E-state index in [-0.39, 0.29) is 15.1 Å². The van der Waals surface area contributed by atoms with Crippen LogP contribution in [0.3, 0.4) is 0 Å². The maximum atomic E-state index is 12.3. The predicted octanol–water partition coefficient (Wildman–Crippen LogP) is 6.34. The molecule has 0 spiro atoms. The molecular formula is C16H13Cl4NO2. The van der Waals surface area contributed by atoms with Crippen LogP contribution in [0.1, 0.15) is 23.7 Å². The summed E-state index contributed by atoms with van der Waals surface area (Å²) in [7, 11) is 0. The minimum atomic E-state index is -0.403. The maximum absolute atomic E-state index is 12.3. The third-order valence-electron chi connectivity index (χ3n) is 2.91. The highest BCUT2D eigenvalue weighted by Crippen LogP contribution is 2.35. The van der Waals surface area contributed by atoms with Crippen LogP contribution in [-0.2, 0) is 0 Å². The first-order chi connectivity index (χ1) is 10.9. The molecule has 2 aromatic rings. The summed E-state index contributed by atoms with van der Waals surface area (Å²) in [6.07, 6.45) is 0.822. The maximum Gasteiger partial charge on any atom is 0.255 e. The third-order valence-corrected chi connectivity index (χ3v) is 4.29. The molecule has 122 valence electrons. The van der Waals surface area contributed by atoms with Crippen molar-refractivity contribution < 1.29 is 9.53 Å². The van der Waals surface area contributed by atoms with Crippen LogP contribution in [0, 0.1) is 0 Å². The van der Waals surface area contributed by atoms with Gasteiger partial charge in [0.15, 0.2) is 5.75 Å². The lowest BCUT2D eigenvalue weighted by Crippen LogP contribution is -2.12. The minimum Gasteiger partial charge on any atom is -0.490 e. The van der Waals surface area contributed by atoms with Gasteiger partial charge >= 0.3 is 0 Å². The lowest BCUT2D eigenvalue weighted by molar-refractivity contribution is 0.102. The van der Waals surface area contributed by atoms with Gasteiger partial charge in [-0.1, -0.05) is 59.4 Å². The summed E-state index contributed by atoms with van der Waals surface area (Å²) >= 11 is 24.2. The largest absolute Gasteiger partial charge is 0.490 e. The second-order valence-corrected chi connectivity index (χ2v) is 6.27. The van der Waals surface area contributed by atoms with Gasteiger partial charge in [-0.05, 0) is 30.7 Å². The van der Waals surface area contributed by atoms with Crippen LogP contribution in [0.5, 0.6) is 5.75 Å². The normalized spacial score (nSPS) is 10.5.